The molecule has 1 N–H and O–H groups in total. The summed E-state index contributed by atoms with van der Waals surface area (Å²) in [4.78, 5) is 15.7. The Balaban J connectivity index is 2.02. The molecule has 0 saturated heterocycles. The summed E-state index contributed by atoms with van der Waals surface area (Å²) in [6.07, 6.45) is 2.93. The molecule has 0 unspecified atom stereocenters. The number of likely N-dealkylation sites (N-methyl/N-ethyl adjacent to an activating group) is 1. The predicted molar refractivity (Wildman–Crippen MR) is 96.3 cm³/mol. The molecule has 1 aromatic carbocycles. The molecular weight excluding hydrogens is 387 g/mol. The Morgan fingerprint density at radius 1 is 1.32 bits per heavy atom. The lowest BCUT2D eigenvalue weighted by Crippen LogP contribution is -2.36. The smallest absolute Gasteiger partial charge is 0.255 e. The number of hydrogen-bond acceptors (Lipinski definition) is 5. The van der Waals surface area contributed by atoms with Crippen molar-refractivity contribution in [1.29, 1.82) is 0 Å². The molecule has 0 bridgehead atoms. The maximum Gasteiger partial charge on any atom is 0.255 e. The van der Waals surface area contributed by atoms with E-state index in [4.69, 9.17) is 23.2 Å². The quantitative estimate of drug-likeness (QED) is 0.593. The lowest BCUT2D eigenvalue weighted by Gasteiger charge is -2.17. The maximum atomic E-state index is 12.5. The first-order valence-electron chi connectivity index (χ1n) is 6.95. The summed E-state index contributed by atoms with van der Waals surface area (Å²) in [5.41, 5.74) is 2.79. The minimum Gasteiger partial charge on any atom is -0.272 e. The average Bonchev–Trinajstić information content (AvgIpc) is 2.57. The molecule has 0 aliphatic carbocycles. The number of amides is 1. The highest BCUT2D eigenvalue weighted by atomic mass is 35.5. The van der Waals surface area contributed by atoms with Crippen LogP contribution in [0.3, 0.4) is 0 Å². The normalized spacial score (nSPS) is 11.8. The van der Waals surface area contributed by atoms with E-state index in [0.717, 1.165) is 4.31 Å². The number of nitrogens with zero attached hydrogens (tertiary/aromatic N) is 3. The van der Waals surface area contributed by atoms with Crippen LogP contribution in [0.2, 0.25) is 10.0 Å². The van der Waals surface area contributed by atoms with Gasteiger partial charge in [0.05, 0.1) is 23.5 Å². The van der Waals surface area contributed by atoms with Crippen LogP contribution in [-0.2, 0) is 14.8 Å². The molecule has 10 heteroatoms. The van der Waals surface area contributed by atoms with Crippen molar-refractivity contribution < 1.29 is 13.2 Å². The molecule has 0 atom stereocenters. The van der Waals surface area contributed by atoms with E-state index in [2.05, 4.69) is 15.5 Å². The minimum atomic E-state index is -3.97. The summed E-state index contributed by atoms with van der Waals surface area (Å²) in [6.45, 7) is -0.440. The Kier molecular flexibility index (Phi) is 6.49. The number of sulfonamides is 1. The van der Waals surface area contributed by atoms with Gasteiger partial charge in [0, 0.05) is 18.3 Å². The summed E-state index contributed by atoms with van der Waals surface area (Å²) >= 11 is 11.7. The Labute approximate surface area is 155 Å². The Bertz CT molecular complexity index is 889. The van der Waals surface area contributed by atoms with Gasteiger partial charge in [-0.25, -0.2) is 13.8 Å². The zero-order chi connectivity index (χ0) is 18.4. The van der Waals surface area contributed by atoms with E-state index in [1.807, 2.05) is 0 Å². The second-order valence-electron chi connectivity index (χ2n) is 4.88. The van der Waals surface area contributed by atoms with Crippen LogP contribution in [0.4, 0.5) is 0 Å². The fraction of sp³-hybridized carbons (Fsp3) is 0.133. The van der Waals surface area contributed by atoms with Crippen LogP contribution in [0, 0.1) is 0 Å². The van der Waals surface area contributed by atoms with Crippen molar-refractivity contribution in [3.05, 3.63) is 58.3 Å². The lowest BCUT2D eigenvalue weighted by molar-refractivity contribution is -0.121. The van der Waals surface area contributed by atoms with E-state index >= 15 is 0 Å². The van der Waals surface area contributed by atoms with Gasteiger partial charge >= 0.3 is 0 Å². The van der Waals surface area contributed by atoms with E-state index in [9.17, 15) is 13.2 Å². The van der Waals surface area contributed by atoms with Crippen LogP contribution in [0.15, 0.2) is 52.6 Å². The Morgan fingerprint density at radius 3 is 2.76 bits per heavy atom. The minimum absolute atomic E-state index is 0.0184. The van der Waals surface area contributed by atoms with Crippen LogP contribution >= 0.6 is 23.2 Å². The number of aromatic nitrogens is 1. The first kappa shape index (κ1) is 19.3. The topological polar surface area (TPSA) is 91.7 Å². The Hall–Kier alpha value is -2.00. The molecule has 0 saturated carbocycles. The van der Waals surface area contributed by atoms with E-state index < -0.39 is 22.5 Å². The van der Waals surface area contributed by atoms with Gasteiger partial charge in [0.1, 0.15) is 4.90 Å². The van der Waals surface area contributed by atoms with E-state index in [1.54, 1.807) is 24.4 Å². The fourth-order valence-electron chi connectivity index (χ4n) is 1.79. The van der Waals surface area contributed by atoms with Gasteiger partial charge in [0.2, 0.25) is 10.0 Å². The molecule has 2 aromatic rings. The van der Waals surface area contributed by atoms with Crippen LogP contribution in [-0.4, -0.2) is 43.4 Å². The summed E-state index contributed by atoms with van der Waals surface area (Å²) in [5, 5.41) is 3.97. The van der Waals surface area contributed by atoms with Crippen molar-refractivity contribution in [2.24, 2.45) is 5.10 Å². The largest absolute Gasteiger partial charge is 0.272 e. The molecule has 1 amide bonds. The molecule has 0 aliphatic heterocycles. The number of carbonyl (C=O) groups excluding carboxylic acids is 1. The fourth-order valence-corrected chi connectivity index (χ4v) is 3.65. The molecule has 2 rings (SSSR count). The zero-order valence-electron chi connectivity index (χ0n) is 13.1. The van der Waals surface area contributed by atoms with Gasteiger partial charge in [-0.15, -0.1) is 0 Å². The number of carbonyl (C=O) groups is 1. The van der Waals surface area contributed by atoms with Crippen molar-refractivity contribution >= 4 is 45.3 Å². The second-order valence-corrected chi connectivity index (χ2v) is 7.74. The first-order chi connectivity index (χ1) is 11.8. The predicted octanol–water partition coefficient (Wildman–Crippen LogP) is 2.16. The van der Waals surface area contributed by atoms with Gasteiger partial charge in [-0.2, -0.15) is 9.41 Å². The highest BCUT2D eigenvalue weighted by Gasteiger charge is 2.25. The second kappa shape index (κ2) is 8.39. The maximum absolute atomic E-state index is 12.5. The third-order valence-corrected chi connectivity index (χ3v) is 5.54. The number of pyridine rings is 1. The van der Waals surface area contributed by atoms with Crippen LogP contribution in [0.1, 0.15) is 5.69 Å². The number of nitrogens with one attached hydrogen (secondary N) is 1. The van der Waals surface area contributed by atoms with Crippen molar-refractivity contribution in [2.45, 2.75) is 4.90 Å². The van der Waals surface area contributed by atoms with Crippen molar-refractivity contribution in [3.8, 4) is 0 Å². The number of benzene rings is 1. The number of rotatable bonds is 6. The molecule has 0 spiro atoms. The third-order valence-electron chi connectivity index (χ3n) is 3.02. The molecule has 132 valence electrons. The van der Waals surface area contributed by atoms with Gasteiger partial charge in [-0.1, -0.05) is 29.3 Å². The lowest BCUT2D eigenvalue weighted by atomic mass is 10.4. The van der Waals surface area contributed by atoms with Crippen molar-refractivity contribution in [2.75, 3.05) is 13.6 Å². The van der Waals surface area contributed by atoms with Crippen LogP contribution in [0.25, 0.3) is 0 Å². The summed E-state index contributed by atoms with van der Waals surface area (Å²) in [6, 6.07) is 9.30. The summed E-state index contributed by atoms with van der Waals surface area (Å²) < 4.78 is 25.8. The average molecular weight is 401 g/mol. The van der Waals surface area contributed by atoms with Crippen molar-refractivity contribution in [1.82, 2.24) is 14.7 Å². The first-order valence-corrected chi connectivity index (χ1v) is 9.14. The third kappa shape index (κ3) is 5.23. The molecular formula is C15H14Cl2N4O3S. The number of halogens is 2. The standard InChI is InChI=1S/C15H14Cl2N4O3S/c1-21(25(23,24)14-8-11(16)5-6-13(14)17)10-15(22)20-19-9-12-4-2-3-7-18-12/h2-9H,10H2,1H3,(H,20,22)/b19-9-. The summed E-state index contributed by atoms with van der Waals surface area (Å²) in [5.74, 6) is -0.614. The van der Waals surface area contributed by atoms with Gasteiger partial charge in [0.15, 0.2) is 0 Å². The molecule has 25 heavy (non-hydrogen) atoms. The van der Waals surface area contributed by atoms with E-state index in [0.29, 0.717) is 5.69 Å². The van der Waals surface area contributed by atoms with Gasteiger partial charge in [-0.05, 0) is 30.3 Å². The molecule has 1 heterocycles. The monoisotopic (exact) mass is 400 g/mol. The van der Waals surface area contributed by atoms with E-state index in [-0.39, 0.29) is 14.9 Å². The SMILES string of the molecule is CN(CC(=O)N/N=C\c1ccccn1)S(=O)(=O)c1cc(Cl)ccc1Cl. The number of hydrogen-bond donors (Lipinski definition) is 1. The Morgan fingerprint density at radius 2 is 2.08 bits per heavy atom. The van der Waals surface area contributed by atoms with Crippen LogP contribution in [0.5, 0.6) is 0 Å². The molecule has 1 aromatic heterocycles. The highest BCUT2D eigenvalue weighted by Crippen LogP contribution is 2.26. The van der Waals surface area contributed by atoms with Gasteiger partial charge in [0.25, 0.3) is 5.91 Å². The molecule has 0 radical (unpaired) electrons. The van der Waals surface area contributed by atoms with Gasteiger partial charge < -0.3 is 0 Å². The zero-order valence-corrected chi connectivity index (χ0v) is 15.4. The highest BCUT2D eigenvalue weighted by molar-refractivity contribution is 7.89. The van der Waals surface area contributed by atoms with Crippen LogP contribution < -0.4 is 5.43 Å². The van der Waals surface area contributed by atoms with Gasteiger partial charge in [-0.3, -0.25) is 9.78 Å². The summed E-state index contributed by atoms with van der Waals surface area (Å²) in [7, 11) is -2.71. The van der Waals surface area contributed by atoms with Crippen molar-refractivity contribution in [3.63, 3.8) is 0 Å². The van der Waals surface area contributed by atoms with E-state index in [1.165, 1.54) is 31.5 Å². The number of hydrazone groups is 1. The molecule has 0 aliphatic rings. The molecule has 7 nitrogen and oxygen atoms in total. The molecule has 0 fully saturated rings.